The van der Waals surface area contributed by atoms with Gasteiger partial charge in [0.2, 0.25) is 0 Å². The molecule has 90 valence electrons. The number of nitrogens with zero attached hydrogens (tertiary/aromatic N) is 2. The lowest BCUT2D eigenvalue weighted by atomic mass is 10.2. The number of aliphatic hydroxyl groups excluding tert-OH is 1. The van der Waals surface area contributed by atoms with E-state index in [0.29, 0.717) is 22.8 Å². The van der Waals surface area contributed by atoms with Gasteiger partial charge >= 0.3 is 0 Å². The van der Waals surface area contributed by atoms with Crippen LogP contribution in [0.25, 0.3) is 0 Å². The lowest BCUT2D eigenvalue weighted by Crippen LogP contribution is -1.95. The first-order valence-electron chi connectivity index (χ1n) is 5.51. The monoisotopic (exact) mass is 240 g/mol. The quantitative estimate of drug-likeness (QED) is 0.895. The average molecular weight is 240 g/mol. The number of pyridine rings is 1. The molecule has 0 saturated carbocycles. The number of hydrogen-bond donors (Lipinski definition) is 1. The van der Waals surface area contributed by atoms with Crippen molar-refractivity contribution in [2.24, 2.45) is 0 Å². The summed E-state index contributed by atoms with van der Waals surface area (Å²) in [4.78, 5) is 4.08. The van der Waals surface area contributed by atoms with Gasteiger partial charge in [0.25, 0.3) is 0 Å². The van der Waals surface area contributed by atoms with E-state index in [4.69, 9.17) is 10.00 Å². The second-order valence-electron chi connectivity index (χ2n) is 3.83. The van der Waals surface area contributed by atoms with E-state index in [1.807, 2.05) is 6.07 Å². The maximum absolute atomic E-state index is 9.33. The molecule has 0 amide bonds. The largest absolute Gasteiger partial charge is 0.456 e. The number of hydrogen-bond acceptors (Lipinski definition) is 4. The summed E-state index contributed by atoms with van der Waals surface area (Å²) in [7, 11) is 0. The summed E-state index contributed by atoms with van der Waals surface area (Å²) in [6.45, 7) is 1.66. The van der Waals surface area contributed by atoms with Gasteiger partial charge in [-0.3, -0.25) is 4.98 Å². The Bertz CT molecular complexity index is 554. The van der Waals surface area contributed by atoms with Crippen LogP contribution in [0.4, 0.5) is 0 Å². The number of benzene rings is 1. The van der Waals surface area contributed by atoms with Gasteiger partial charge in [0.15, 0.2) is 0 Å². The Kier molecular flexibility index (Phi) is 3.56. The number of nitriles is 1. The van der Waals surface area contributed by atoms with Crippen molar-refractivity contribution in [1.29, 1.82) is 5.26 Å². The zero-order valence-electron chi connectivity index (χ0n) is 9.87. The van der Waals surface area contributed by atoms with E-state index in [9.17, 15) is 5.11 Å². The van der Waals surface area contributed by atoms with E-state index in [-0.39, 0.29) is 0 Å². The van der Waals surface area contributed by atoms with Crippen molar-refractivity contribution in [1.82, 2.24) is 4.98 Å². The zero-order valence-corrected chi connectivity index (χ0v) is 9.87. The third-order valence-corrected chi connectivity index (χ3v) is 2.41. The molecular weight excluding hydrogens is 228 g/mol. The fourth-order valence-corrected chi connectivity index (χ4v) is 1.43. The highest BCUT2D eigenvalue weighted by molar-refractivity contribution is 5.36. The number of aromatic nitrogens is 1. The van der Waals surface area contributed by atoms with Gasteiger partial charge in [-0.15, -0.1) is 0 Å². The summed E-state index contributed by atoms with van der Waals surface area (Å²) in [5, 5.41) is 18.0. The van der Waals surface area contributed by atoms with E-state index >= 15 is 0 Å². The highest BCUT2D eigenvalue weighted by Crippen LogP contribution is 2.21. The van der Waals surface area contributed by atoms with Crippen molar-refractivity contribution in [2.75, 3.05) is 0 Å². The van der Waals surface area contributed by atoms with Crippen LogP contribution in [0, 0.1) is 11.3 Å². The molecule has 1 heterocycles. The second-order valence-corrected chi connectivity index (χ2v) is 3.83. The highest BCUT2D eigenvalue weighted by Gasteiger charge is 2.03. The molecule has 0 aliphatic heterocycles. The van der Waals surface area contributed by atoms with Crippen LogP contribution >= 0.6 is 0 Å². The first-order chi connectivity index (χ1) is 8.69. The Morgan fingerprint density at radius 3 is 2.33 bits per heavy atom. The van der Waals surface area contributed by atoms with E-state index in [1.165, 1.54) is 0 Å². The summed E-state index contributed by atoms with van der Waals surface area (Å²) in [5.41, 5.74) is 1.19. The molecule has 1 N–H and O–H groups in total. The fourth-order valence-electron chi connectivity index (χ4n) is 1.43. The molecule has 0 fully saturated rings. The van der Waals surface area contributed by atoms with Crippen molar-refractivity contribution >= 4 is 0 Å². The minimum absolute atomic E-state index is 0.587. The zero-order chi connectivity index (χ0) is 13.0. The predicted molar refractivity (Wildman–Crippen MR) is 66.1 cm³/mol. The van der Waals surface area contributed by atoms with Gasteiger partial charge in [0.1, 0.15) is 11.5 Å². The summed E-state index contributed by atoms with van der Waals surface area (Å²) in [6, 6.07) is 12.3. The molecule has 0 bridgehead atoms. The Hall–Kier alpha value is -2.38. The van der Waals surface area contributed by atoms with Crippen LogP contribution in [-0.2, 0) is 0 Å². The molecule has 0 unspecified atom stereocenters. The molecule has 1 atom stereocenters. The summed E-state index contributed by atoms with van der Waals surface area (Å²) < 4.78 is 5.56. The summed E-state index contributed by atoms with van der Waals surface area (Å²) in [5.74, 6) is 1.23. The molecule has 1 aromatic heterocycles. The van der Waals surface area contributed by atoms with E-state index < -0.39 is 6.10 Å². The van der Waals surface area contributed by atoms with Crippen LogP contribution in [0.3, 0.4) is 0 Å². The van der Waals surface area contributed by atoms with Gasteiger partial charge < -0.3 is 9.84 Å². The molecular formula is C14H12N2O2. The van der Waals surface area contributed by atoms with Crippen LogP contribution in [0.1, 0.15) is 24.3 Å². The van der Waals surface area contributed by atoms with Gasteiger partial charge in [-0.05, 0) is 43.3 Å². The van der Waals surface area contributed by atoms with Crippen LogP contribution < -0.4 is 4.74 Å². The van der Waals surface area contributed by atoms with Crippen molar-refractivity contribution < 1.29 is 9.84 Å². The molecule has 2 rings (SSSR count). The first-order valence-corrected chi connectivity index (χ1v) is 5.51. The minimum Gasteiger partial charge on any atom is -0.456 e. The molecule has 0 saturated heterocycles. The smallest absolute Gasteiger partial charge is 0.145 e. The standard InChI is InChI=1S/C14H12N2O2/c1-10(17)14-7-6-13(9-16-14)18-12-4-2-11(8-15)3-5-12/h2-7,9-10,17H,1H3/t10-/m1/s1. The lowest BCUT2D eigenvalue weighted by Gasteiger charge is -2.07. The lowest BCUT2D eigenvalue weighted by molar-refractivity contribution is 0.194. The SMILES string of the molecule is C[C@@H](O)c1ccc(Oc2ccc(C#N)cc2)cn1. The molecule has 0 aliphatic rings. The maximum Gasteiger partial charge on any atom is 0.145 e. The van der Waals surface area contributed by atoms with Gasteiger partial charge in [0.05, 0.1) is 29.6 Å². The molecule has 2 aromatic rings. The molecule has 4 nitrogen and oxygen atoms in total. The Balaban J connectivity index is 2.11. The van der Waals surface area contributed by atoms with Gasteiger partial charge in [-0.1, -0.05) is 0 Å². The normalized spacial score (nSPS) is 11.6. The maximum atomic E-state index is 9.33. The number of aliphatic hydroxyl groups is 1. The topological polar surface area (TPSA) is 66.1 Å². The Labute approximate surface area is 105 Å². The van der Waals surface area contributed by atoms with Gasteiger partial charge in [-0.25, -0.2) is 0 Å². The highest BCUT2D eigenvalue weighted by atomic mass is 16.5. The molecule has 1 aromatic carbocycles. The van der Waals surface area contributed by atoms with E-state index in [2.05, 4.69) is 4.98 Å². The third kappa shape index (κ3) is 2.84. The van der Waals surface area contributed by atoms with Crippen LogP contribution in [-0.4, -0.2) is 10.1 Å². The molecule has 0 aliphatic carbocycles. The number of rotatable bonds is 3. The van der Waals surface area contributed by atoms with Gasteiger partial charge in [0, 0.05) is 0 Å². The minimum atomic E-state index is -0.589. The molecule has 0 spiro atoms. The third-order valence-electron chi connectivity index (χ3n) is 2.41. The van der Waals surface area contributed by atoms with Crippen LogP contribution in [0.2, 0.25) is 0 Å². The second kappa shape index (κ2) is 5.30. The van der Waals surface area contributed by atoms with Gasteiger partial charge in [-0.2, -0.15) is 5.26 Å². The van der Waals surface area contributed by atoms with E-state index in [0.717, 1.165) is 0 Å². The van der Waals surface area contributed by atoms with Crippen molar-refractivity contribution in [3.63, 3.8) is 0 Å². The van der Waals surface area contributed by atoms with Crippen LogP contribution in [0.5, 0.6) is 11.5 Å². The fraction of sp³-hybridized carbons (Fsp3) is 0.143. The molecule has 0 radical (unpaired) electrons. The molecule has 4 heteroatoms. The first kappa shape index (κ1) is 12.1. The van der Waals surface area contributed by atoms with Crippen LogP contribution in [0.15, 0.2) is 42.6 Å². The Morgan fingerprint density at radius 1 is 1.17 bits per heavy atom. The summed E-state index contributed by atoms with van der Waals surface area (Å²) in [6.07, 6.45) is 0.967. The van der Waals surface area contributed by atoms with Crippen molar-refractivity contribution in [3.8, 4) is 17.6 Å². The van der Waals surface area contributed by atoms with Crippen molar-refractivity contribution in [2.45, 2.75) is 13.0 Å². The number of ether oxygens (including phenoxy) is 1. The average Bonchev–Trinajstić information content (AvgIpc) is 2.40. The summed E-state index contributed by atoms with van der Waals surface area (Å²) >= 11 is 0. The van der Waals surface area contributed by atoms with Crippen molar-refractivity contribution in [3.05, 3.63) is 53.9 Å². The predicted octanol–water partition coefficient (Wildman–Crippen LogP) is 2.80. The van der Waals surface area contributed by atoms with E-state index in [1.54, 1.807) is 49.5 Å². The Morgan fingerprint density at radius 2 is 1.83 bits per heavy atom. The molecule has 18 heavy (non-hydrogen) atoms.